The van der Waals surface area contributed by atoms with E-state index in [0.29, 0.717) is 19.8 Å². The summed E-state index contributed by atoms with van der Waals surface area (Å²) in [7, 11) is 0. The maximum Gasteiger partial charge on any atom is 0.161 e. The predicted molar refractivity (Wildman–Crippen MR) is 102 cm³/mol. The normalized spacial score (nSPS) is 14.2. The zero-order chi connectivity index (χ0) is 17.8. The highest BCUT2D eigenvalue weighted by Gasteiger charge is 2.13. The van der Waals surface area contributed by atoms with Crippen LogP contribution in [0.25, 0.3) is 10.6 Å². The monoisotopic (exact) mass is 368 g/mol. The van der Waals surface area contributed by atoms with E-state index in [1.807, 2.05) is 48.5 Å². The van der Waals surface area contributed by atoms with Crippen molar-refractivity contribution in [1.29, 1.82) is 0 Å². The molecular weight excluding hydrogens is 348 g/mol. The van der Waals surface area contributed by atoms with Gasteiger partial charge in [0.15, 0.2) is 11.5 Å². The number of aromatic nitrogens is 1. The fraction of sp³-hybridized carbons (Fsp3) is 0.250. The lowest BCUT2D eigenvalue weighted by Crippen LogP contribution is -2.22. The van der Waals surface area contributed by atoms with Crippen LogP contribution in [0, 0.1) is 0 Å². The largest absolute Gasteiger partial charge is 0.486 e. The fourth-order valence-electron chi connectivity index (χ4n) is 2.84. The van der Waals surface area contributed by atoms with Gasteiger partial charge in [0.05, 0.1) is 10.6 Å². The van der Waals surface area contributed by atoms with E-state index in [-0.39, 0.29) is 0 Å². The minimum absolute atomic E-state index is 0.588. The summed E-state index contributed by atoms with van der Waals surface area (Å²) in [5.41, 5.74) is 2.07. The number of hydrogen-bond donors (Lipinski definition) is 2. The summed E-state index contributed by atoms with van der Waals surface area (Å²) in [6, 6.07) is 15.7. The number of aliphatic hydroxyl groups excluding tert-OH is 1. The van der Waals surface area contributed by atoms with Crippen molar-refractivity contribution in [1.82, 2.24) is 10.3 Å². The van der Waals surface area contributed by atoms with Crippen molar-refractivity contribution in [2.75, 3.05) is 19.8 Å². The molecule has 0 spiro atoms. The van der Waals surface area contributed by atoms with Gasteiger partial charge in [0.25, 0.3) is 0 Å². The van der Waals surface area contributed by atoms with Crippen molar-refractivity contribution >= 4 is 11.3 Å². The molecule has 1 aliphatic heterocycles. The first-order chi connectivity index (χ1) is 12.8. The number of rotatable bonds is 6. The smallest absolute Gasteiger partial charge is 0.161 e. The number of nitrogens with zero attached hydrogens (tertiary/aromatic N) is 1. The molecule has 1 aliphatic rings. The Hall–Kier alpha value is -2.41. The molecule has 4 rings (SSSR count). The second kappa shape index (κ2) is 7.86. The van der Waals surface area contributed by atoms with E-state index in [4.69, 9.17) is 9.47 Å². The molecule has 0 aliphatic carbocycles. The second-order valence-corrected chi connectivity index (χ2v) is 7.12. The fourth-order valence-corrected chi connectivity index (χ4v) is 3.79. The number of ether oxygens (including phenoxy) is 2. The molecule has 3 heterocycles. The van der Waals surface area contributed by atoms with Crippen molar-refractivity contribution in [3.05, 3.63) is 65.2 Å². The molecule has 0 radical (unpaired) electrons. The molecule has 6 heteroatoms. The zero-order valence-electron chi connectivity index (χ0n) is 14.2. The summed E-state index contributed by atoms with van der Waals surface area (Å²) >= 11 is 1.55. The third kappa shape index (κ3) is 3.88. The van der Waals surface area contributed by atoms with E-state index in [1.54, 1.807) is 17.5 Å². The summed E-state index contributed by atoms with van der Waals surface area (Å²) in [6.07, 6.45) is 1.89. The molecule has 1 unspecified atom stereocenters. The summed E-state index contributed by atoms with van der Waals surface area (Å²) < 4.78 is 11.1. The minimum atomic E-state index is -0.685. The molecule has 0 saturated heterocycles. The van der Waals surface area contributed by atoms with Crippen molar-refractivity contribution in [2.24, 2.45) is 0 Å². The Kier molecular flexibility index (Phi) is 5.15. The third-order valence-corrected chi connectivity index (χ3v) is 5.33. The molecule has 134 valence electrons. The van der Waals surface area contributed by atoms with E-state index in [2.05, 4.69) is 10.3 Å². The topological polar surface area (TPSA) is 63.6 Å². The molecule has 1 atom stereocenters. The SMILES string of the molecule is OC(NCCc1ccc2c(c1)OCCO2)c1ccc(-c2ccccn2)s1. The van der Waals surface area contributed by atoms with E-state index in [9.17, 15) is 5.11 Å². The Bertz CT molecular complexity index is 867. The van der Waals surface area contributed by atoms with E-state index < -0.39 is 6.23 Å². The van der Waals surface area contributed by atoms with Crippen LogP contribution in [0.3, 0.4) is 0 Å². The lowest BCUT2D eigenvalue weighted by Gasteiger charge is -2.19. The molecule has 0 amide bonds. The first-order valence-corrected chi connectivity index (χ1v) is 9.42. The molecular formula is C20H20N2O3S. The van der Waals surface area contributed by atoms with Crippen molar-refractivity contribution in [3.63, 3.8) is 0 Å². The van der Waals surface area contributed by atoms with Crippen LogP contribution in [0.2, 0.25) is 0 Å². The van der Waals surface area contributed by atoms with Crippen LogP contribution in [0.4, 0.5) is 0 Å². The highest BCUT2D eigenvalue weighted by Crippen LogP contribution is 2.31. The van der Waals surface area contributed by atoms with Gasteiger partial charge in [0.2, 0.25) is 0 Å². The summed E-state index contributed by atoms with van der Waals surface area (Å²) in [4.78, 5) is 6.28. The lowest BCUT2D eigenvalue weighted by atomic mass is 10.1. The van der Waals surface area contributed by atoms with Crippen LogP contribution >= 0.6 is 11.3 Å². The van der Waals surface area contributed by atoms with Gasteiger partial charge in [0.1, 0.15) is 19.4 Å². The standard InChI is InChI=1S/C20H20N2O3S/c23-20(19-7-6-18(26-19)15-3-1-2-9-21-15)22-10-8-14-4-5-16-17(13-14)25-12-11-24-16/h1-7,9,13,20,22-23H,8,10-12H2. The first kappa shape index (κ1) is 17.0. The van der Waals surface area contributed by atoms with Gasteiger partial charge in [0, 0.05) is 17.6 Å². The molecule has 0 fully saturated rings. The van der Waals surface area contributed by atoms with Crippen LogP contribution in [0.15, 0.2) is 54.7 Å². The highest BCUT2D eigenvalue weighted by molar-refractivity contribution is 7.15. The number of fused-ring (bicyclic) bond motifs is 1. The molecule has 3 aromatic rings. The van der Waals surface area contributed by atoms with E-state index >= 15 is 0 Å². The van der Waals surface area contributed by atoms with Crippen molar-refractivity contribution < 1.29 is 14.6 Å². The van der Waals surface area contributed by atoms with Crippen LogP contribution in [-0.4, -0.2) is 29.8 Å². The molecule has 26 heavy (non-hydrogen) atoms. The lowest BCUT2D eigenvalue weighted by molar-refractivity contribution is 0.143. The molecule has 2 N–H and O–H groups in total. The first-order valence-electron chi connectivity index (χ1n) is 8.61. The van der Waals surface area contributed by atoms with E-state index in [0.717, 1.165) is 38.9 Å². The minimum Gasteiger partial charge on any atom is -0.486 e. The van der Waals surface area contributed by atoms with Gasteiger partial charge in [-0.2, -0.15) is 0 Å². The highest BCUT2D eigenvalue weighted by atomic mass is 32.1. The van der Waals surface area contributed by atoms with Crippen LogP contribution < -0.4 is 14.8 Å². The Morgan fingerprint density at radius 2 is 1.96 bits per heavy atom. The average Bonchev–Trinajstić information content (AvgIpc) is 3.19. The predicted octanol–water partition coefficient (Wildman–Crippen LogP) is 3.40. The van der Waals surface area contributed by atoms with Gasteiger partial charge in [-0.1, -0.05) is 12.1 Å². The summed E-state index contributed by atoms with van der Waals surface area (Å²) in [5, 5.41) is 13.6. The molecule has 2 aromatic heterocycles. The number of thiophene rings is 1. The summed E-state index contributed by atoms with van der Waals surface area (Å²) in [6.45, 7) is 1.85. The number of aliphatic hydroxyl groups is 1. The van der Waals surface area contributed by atoms with Gasteiger partial charge >= 0.3 is 0 Å². The maximum absolute atomic E-state index is 10.4. The van der Waals surface area contributed by atoms with Crippen LogP contribution in [0.5, 0.6) is 11.5 Å². The Morgan fingerprint density at radius 1 is 1.08 bits per heavy atom. The number of nitrogens with one attached hydrogen (secondary N) is 1. The van der Waals surface area contributed by atoms with Crippen molar-refractivity contribution in [3.8, 4) is 22.1 Å². The number of pyridine rings is 1. The molecule has 0 bridgehead atoms. The van der Waals surface area contributed by atoms with Crippen LogP contribution in [0.1, 0.15) is 16.7 Å². The Balaban J connectivity index is 1.33. The van der Waals surface area contributed by atoms with Crippen molar-refractivity contribution in [2.45, 2.75) is 12.6 Å². The Labute approximate surface area is 156 Å². The summed E-state index contributed by atoms with van der Waals surface area (Å²) in [5.74, 6) is 1.60. The van der Waals surface area contributed by atoms with Gasteiger partial charge < -0.3 is 14.6 Å². The van der Waals surface area contributed by atoms with Gasteiger partial charge in [-0.05, 0) is 48.4 Å². The van der Waals surface area contributed by atoms with E-state index in [1.165, 1.54) is 0 Å². The third-order valence-electron chi connectivity index (χ3n) is 4.17. The quantitative estimate of drug-likeness (QED) is 0.653. The Morgan fingerprint density at radius 3 is 2.81 bits per heavy atom. The molecule has 0 saturated carbocycles. The zero-order valence-corrected chi connectivity index (χ0v) is 15.0. The average molecular weight is 368 g/mol. The second-order valence-electron chi connectivity index (χ2n) is 6.00. The van der Waals surface area contributed by atoms with Crippen LogP contribution in [-0.2, 0) is 6.42 Å². The molecule has 1 aromatic carbocycles. The molecule has 5 nitrogen and oxygen atoms in total. The maximum atomic E-state index is 10.4. The van der Waals surface area contributed by atoms with Gasteiger partial charge in [-0.3, -0.25) is 10.3 Å². The number of hydrogen-bond acceptors (Lipinski definition) is 6. The van der Waals surface area contributed by atoms with Gasteiger partial charge in [-0.25, -0.2) is 0 Å². The van der Waals surface area contributed by atoms with Gasteiger partial charge in [-0.15, -0.1) is 11.3 Å². The number of benzene rings is 1.